The van der Waals surface area contributed by atoms with E-state index in [2.05, 4.69) is 4.98 Å². The van der Waals surface area contributed by atoms with Crippen LogP contribution < -0.4 is 4.74 Å². The molecule has 0 bridgehead atoms. The van der Waals surface area contributed by atoms with Crippen molar-refractivity contribution in [2.45, 2.75) is 13.3 Å². The minimum Gasteiger partial charge on any atom is -0.477 e. The van der Waals surface area contributed by atoms with Crippen molar-refractivity contribution in [1.29, 1.82) is 0 Å². The molecule has 0 fully saturated rings. The fourth-order valence-corrected chi connectivity index (χ4v) is 1.71. The topological polar surface area (TPSA) is 76.5 Å². The first-order valence-corrected chi connectivity index (χ1v) is 6.21. The van der Waals surface area contributed by atoms with Gasteiger partial charge in [0.1, 0.15) is 28.6 Å². The number of carbonyl (C=O) groups is 2. The Hall–Kier alpha value is -2.76. The van der Waals surface area contributed by atoms with Gasteiger partial charge >= 0.3 is 5.97 Å². The third-order valence-corrected chi connectivity index (χ3v) is 2.76. The lowest BCUT2D eigenvalue weighted by Crippen LogP contribution is -2.04. The molecule has 6 heteroatoms. The van der Waals surface area contributed by atoms with E-state index in [0.717, 1.165) is 6.07 Å². The first kappa shape index (κ1) is 14.6. The van der Waals surface area contributed by atoms with Crippen LogP contribution in [0.1, 0.15) is 34.2 Å². The lowest BCUT2D eigenvalue weighted by atomic mass is 10.2. The molecule has 0 spiro atoms. The average molecular weight is 289 g/mol. The first-order valence-electron chi connectivity index (χ1n) is 6.21. The number of pyridine rings is 1. The molecular formula is C15H12FNO4. The van der Waals surface area contributed by atoms with Crippen LogP contribution in [0.5, 0.6) is 11.5 Å². The maximum atomic E-state index is 13.5. The van der Waals surface area contributed by atoms with Crippen LogP contribution in [0.4, 0.5) is 4.39 Å². The number of carboxylic acids is 1. The van der Waals surface area contributed by atoms with Crippen molar-refractivity contribution >= 4 is 11.8 Å². The Labute approximate surface area is 120 Å². The number of aromatic nitrogens is 1. The third-order valence-electron chi connectivity index (χ3n) is 2.76. The van der Waals surface area contributed by atoms with E-state index in [1.54, 1.807) is 6.92 Å². The highest BCUT2D eigenvalue weighted by Gasteiger charge is 2.17. The van der Waals surface area contributed by atoms with Crippen LogP contribution in [0, 0.1) is 5.82 Å². The summed E-state index contributed by atoms with van der Waals surface area (Å²) < 4.78 is 18.8. The summed E-state index contributed by atoms with van der Waals surface area (Å²) in [6, 6.07) is 6.68. The fourth-order valence-electron chi connectivity index (χ4n) is 1.71. The molecule has 0 amide bonds. The molecule has 2 aromatic rings. The van der Waals surface area contributed by atoms with E-state index in [0.29, 0.717) is 12.1 Å². The number of hydrogen-bond donors (Lipinski definition) is 1. The largest absolute Gasteiger partial charge is 0.477 e. The lowest BCUT2D eigenvalue weighted by Gasteiger charge is -2.09. The van der Waals surface area contributed by atoms with Gasteiger partial charge in [-0.25, -0.2) is 14.2 Å². The van der Waals surface area contributed by atoms with E-state index in [4.69, 9.17) is 9.84 Å². The van der Waals surface area contributed by atoms with Gasteiger partial charge in [-0.1, -0.05) is 13.0 Å². The zero-order valence-electron chi connectivity index (χ0n) is 11.2. The molecule has 0 atom stereocenters. The van der Waals surface area contributed by atoms with Crippen LogP contribution >= 0.6 is 0 Å². The molecule has 21 heavy (non-hydrogen) atoms. The predicted molar refractivity (Wildman–Crippen MR) is 72.3 cm³/mol. The minimum absolute atomic E-state index is 0.112. The van der Waals surface area contributed by atoms with Gasteiger partial charge in [0.2, 0.25) is 0 Å². The standard InChI is InChI=1S/C15H12FNO4/c1-2-12(18)11-7-6-9(8-17-11)21-13-5-3-4-10(16)14(13)15(19)20/h3-8H,2H2,1H3,(H,19,20). The highest BCUT2D eigenvalue weighted by Crippen LogP contribution is 2.27. The number of carboxylic acid groups (broad SMARTS) is 1. The van der Waals surface area contributed by atoms with E-state index in [1.807, 2.05) is 0 Å². The summed E-state index contributed by atoms with van der Waals surface area (Å²) in [6.07, 6.45) is 1.62. The summed E-state index contributed by atoms with van der Waals surface area (Å²) >= 11 is 0. The number of nitrogens with zero attached hydrogens (tertiary/aromatic N) is 1. The number of halogens is 1. The second-order valence-corrected chi connectivity index (χ2v) is 4.18. The van der Waals surface area contributed by atoms with Gasteiger partial charge in [0.05, 0.1) is 6.20 Å². The molecule has 5 nitrogen and oxygen atoms in total. The van der Waals surface area contributed by atoms with Crippen LogP contribution in [0.25, 0.3) is 0 Å². The molecule has 0 aliphatic carbocycles. The Morgan fingerprint density at radius 2 is 2.05 bits per heavy atom. The Morgan fingerprint density at radius 1 is 1.29 bits per heavy atom. The van der Waals surface area contributed by atoms with Gasteiger partial charge < -0.3 is 9.84 Å². The molecule has 1 heterocycles. The van der Waals surface area contributed by atoms with Crippen LogP contribution in [0.3, 0.4) is 0 Å². The van der Waals surface area contributed by atoms with E-state index in [9.17, 15) is 14.0 Å². The molecule has 0 saturated carbocycles. The van der Waals surface area contributed by atoms with Crippen LogP contribution in [0.15, 0.2) is 36.5 Å². The van der Waals surface area contributed by atoms with Crippen molar-refractivity contribution in [2.75, 3.05) is 0 Å². The summed E-state index contributed by atoms with van der Waals surface area (Å²) in [6.45, 7) is 1.72. The van der Waals surface area contributed by atoms with Crippen molar-refractivity contribution in [3.63, 3.8) is 0 Å². The van der Waals surface area contributed by atoms with Gasteiger partial charge in [0, 0.05) is 6.42 Å². The average Bonchev–Trinajstić information content (AvgIpc) is 2.47. The number of rotatable bonds is 5. The van der Waals surface area contributed by atoms with Gasteiger partial charge in [-0.15, -0.1) is 0 Å². The highest BCUT2D eigenvalue weighted by atomic mass is 19.1. The molecule has 0 radical (unpaired) electrons. The number of ketones is 1. The molecular weight excluding hydrogens is 277 g/mol. The summed E-state index contributed by atoms with van der Waals surface area (Å²) in [4.78, 5) is 26.4. The van der Waals surface area contributed by atoms with Crippen molar-refractivity contribution in [2.24, 2.45) is 0 Å². The zero-order chi connectivity index (χ0) is 15.4. The van der Waals surface area contributed by atoms with Crippen molar-refractivity contribution < 1.29 is 23.8 Å². The molecule has 108 valence electrons. The summed E-state index contributed by atoms with van der Waals surface area (Å²) in [5.74, 6) is -2.33. The maximum absolute atomic E-state index is 13.5. The van der Waals surface area contributed by atoms with Crippen molar-refractivity contribution in [3.8, 4) is 11.5 Å². The SMILES string of the molecule is CCC(=O)c1ccc(Oc2cccc(F)c2C(=O)O)cn1. The summed E-state index contributed by atoms with van der Waals surface area (Å²) in [5, 5.41) is 8.99. The van der Waals surface area contributed by atoms with E-state index in [1.165, 1.54) is 30.5 Å². The quantitative estimate of drug-likeness (QED) is 0.854. The fraction of sp³-hybridized carbons (Fsp3) is 0.133. The maximum Gasteiger partial charge on any atom is 0.342 e. The molecule has 0 saturated heterocycles. The number of carbonyl (C=O) groups excluding carboxylic acids is 1. The highest BCUT2D eigenvalue weighted by molar-refractivity contribution is 5.94. The number of ether oxygens (including phenoxy) is 1. The Kier molecular flexibility index (Phi) is 4.27. The first-order chi connectivity index (χ1) is 10.0. The monoisotopic (exact) mass is 289 g/mol. The summed E-state index contributed by atoms with van der Waals surface area (Å²) in [5.41, 5.74) is -0.256. The molecule has 0 unspecified atom stereocenters. The van der Waals surface area contributed by atoms with E-state index < -0.39 is 17.3 Å². The molecule has 1 aromatic carbocycles. The van der Waals surface area contributed by atoms with Crippen LogP contribution in [0.2, 0.25) is 0 Å². The second kappa shape index (κ2) is 6.13. The predicted octanol–water partition coefficient (Wildman–Crippen LogP) is 3.30. The van der Waals surface area contributed by atoms with Gasteiger partial charge in [-0.3, -0.25) is 4.79 Å². The molecule has 2 rings (SSSR count). The smallest absolute Gasteiger partial charge is 0.342 e. The Balaban J connectivity index is 2.29. The van der Waals surface area contributed by atoms with E-state index >= 15 is 0 Å². The Bertz CT molecular complexity index is 683. The molecule has 0 aliphatic heterocycles. The van der Waals surface area contributed by atoms with Gasteiger partial charge in [-0.2, -0.15) is 0 Å². The zero-order valence-corrected chi connectivity index (χ0v) is 11.2. The Morgan fingerprint density at radius 3 is 2.62 bits per heavy atom. The van der Waals surface area contributed by atoms with Crippen LogP contribution in [-0.4, -0.2) is 21.8 Å². The number of Topliss-reactive ketones (excluding diaryl/α,β-unsaturated/α-hetero) is 1. The van der Waals surface area contributed by atoms with Gasteiger partial charge in [0.15, 0.2) is 5.78 Å². The van der Waals surface area contributed by atoms with Crippen LogP contribution in [-0.2, 0) is 0 Å². The number of benzene rings is 1. The minimum atomic E-state index is -1.42. The van der Waals surface area contributed by atoms with Gasteiger partial charge in [0.25, 0.3) is 0 Å². The van der Waals surface area contributed by atoms with Gasteiger partial charge in [-0.05, 0) is 24.3 Å². The van der Waals surface area contributed by atoms with E-state index in [-0.39, 0.29) is 17.3 Å². The number of aromatic carboxylic acids is 1. The number of hydrogen-bond acceptors (Lipinski definition) is 4. The molecule has 1 aromatic heterocycles. The lowest BCUT2D eigenvalue weighted by molar-refractivity contribution is 0.0688. The van der Waals surface area contributed by atoms with Crippen molar-refractivity contribution in [3.05, 3.63) is 53.6 Å². The second-order valence-electron chi connectivity index (χ2n) is 4.18. The third kappa shape index (κ3) is 3.22. The molecule has 0 aliphatic rings. The summed E-state index contributed by atoms with van der Waals surface area (Å²) in [7, 11) is 0. The normalized spacial score (nSPS) is 10.2. The van der Waals surface area contributed by atoms with Crippen molar-refractivity contribution in [1.82, 2.24) is 4.98 Å². The molecule has 1 N–H and O–H groups in total.